The molecule has 25 heavy (non-hydrogen) atoms. The maximum atomic E-state index is 13.1. The van der Waals surface area contributed by atoms with Gasteiger partial charge in [0.2, 0.25) is 5.91 Å². The van der Waals surface area contributed by atoms with Crippen LogP contribution in [0.4, 0.5) is 4.39 Å². The number of rotatable bonds is 4. The van der Waals surface area contributed by atoms with Crippen molar-refractivity contribution in [2.24, 2.45) is 11.7 Å². The van der Waals surface area contributed by atoms with E-state index in [0.717, 1.165) is 46.8 Å². The van der Waals surface area contributed by atoms with Gasteiger partial charge in [-0.25, -0.2) is 9.37 Å². The summed E-state index contributed by atoms with van der Waals surface area (Å²) in [7, 11) is 0. The van der Waals surface area contributed by atoms with E-state index in [1.54, 1.807) is 23.5 Å². The van der Waals surface area contributed by atoms with Crippen molar-refractivity contribution >= 4 is 17.2 Å². The van der Waals surface area contributed by atoms with Crippen molar-refractivity contribution in [2.75, 3.05) is 0 Å². The molecule has 3 rings (SSSR count). The fourth-order valence-corrected chi connectivity index (χ4v) is 4.46. The lowest BCUT2D eigenvalue weighted by Crippen LogP contribution is -2.38. The quantitative estimate of drug-likeness (QED) is 0.866. The summed E-state index contributed by atoms with van der Waals surface area (Å²) in [5.74, 6) is -0.168. The fourth-order valence-electron chi connectivity index (χ4n) is 3.39. The van der Waals surface area contributed by atoms with E-state index in [-0.39, 0.29) is 29.7 Å². The van der Waals surface area contributed by atoms with Crippen molar-refractivity contribution in [1.29, 1.82) is 0 Å². The van der Waals surface area contributed by atoms with E-state index >= 15 is 0 Å². The first-order valence-electron chi connectivity index (χ1n) is 8.73. The Morgan fingerprint density at radius 3 is 2.76 bits per heavy atom. The first kappa shape index (κ1) is 18.0. The summed E-state index contributed by atoms with van der Waals surface area (Å²) in [5.41, 5.74) is 7.78. The predicted octanol–water partition coefficient (Wildman–Crippen LogP) is 3.95. The third-order valence-electron chi connectivity index (χ3n) is 4.76. The monoisotopic (exact) mass is 361 g/mol. The van der Waals surface area contributed by atoms with E-state index in [1.165, 1.54) is 12.1 Å². The molecule has 0 saturated heterocycles. The standard InChI is InChI=1S/C19H24FN3OS/c1-11(22-18(24)14-4-3-5-16(21)10-14)17-12(2)23-19(25-17)13-6-8-15(20)9-7-13/h6-9,11,14,16H,3-5,10,21H2,1-2H3,(H,22,24). The van der Waals surface area contributed by atoms with Crippen LogP contribution in [0.15, 0.2) is 24.3 Å². The van der Waals surface area contributed by atoms with Crippen molar-refractivity contribution in [3.63, 3.8) is 0 Å². The summed E-state index contributed by atoms with van der Waals surface area (Å²) in [4.78, 5) is 18.2. The molecule has 3 unspecified atom stereocenters. The van der Waals surface area contributed by atoms with Crippen LogP contribution in [0.1, 0.15) is 49.2 Å². The predicted molar refractivity (Wildman–Crippen MR) is 98.7 cm³/mol. The van der Waals surface area contributed by atoms with Crippen molar-refractivity contribution < 1.29 is 9.18 Å². The molecule has 1 fully saturated rings. The molecule has 0 radical (unpaired) electrons. The third kappa shape index (κ3) is 4.25. The molecule has 1 amide bonds. The molecule has 1 aliphatic rings. The number of nitrogens with one attached hydrogen (secondary N) is 1. The molecule has 6 heteroatoms. The highest BCUT2D eigenvalue weighted by Gasteiger charge is 2.27. The van der Waals surface area contributed by atoms with E-state index in [0.29, 0.717) is 0 Å². The number of hydrogen-bond acceptors (Lipinski definition) is 4. The topological polar surface area (TPSA) is 68.0 Å². The van der Waals surface area contributed by atoms with Gasteiger partial charge in [0.15, 0.2) is 0 Å². The van der Waals surface area contributed by atoms with Crippen LogP contribution in [0.3, 0.4) is 0 Å². The van der Waals surface area contributed by atoms with Crippen LogP contribution in [0.2, 0.25) is 0 Å². The second-order valence-corrected chi connectivity index (χ2v) is 7.86. The number of carbonyl (C=O) groups excluding carboxylic acids is 1. The van der Waals surface area contributed by atoms with E-state index < -0.39 is 0 Å². The molecule has 3 N–H and O–H groups in total. The van der Waals surface area contributed by atoms with E-state index in [4.69, 9.17) is 5.73 Å². The van der Waals surface area contributed by atoms with Crippen molar-refractivity contribution in [1.82, 2.24) is 10.3 Å². The molecular formula is C19H24FN3OS. The first-order chi connectivity index (χ1) is 11.9. The number of nitrogens with two attached hydrogens (primary N) is 1. The molecule has 1 aromatic carbocycles. The van der Waals surface area contributed by atoms with Crippen LogP contribution in [-0.4, -0.2) is 16.9 Å². The number of thiazole rings is 1. The number of nitrogens with zero attached hydrogens (tertiary/aromatic N) is 1. The van der Waals surface area contributed by atoms with Gasteiger partial charge in [-0.15, -0.1) is 11.3 Å². The minimum atomic E-state index is -0.261. The highest BCUT2D eigenvalue weighted by atomic mass is 32.1. The molecule has 2 aromatic rings. The summed E-state index contributed by atoms with van der Waals surface area (Å²) in [6, 6.07) is 6.35. The van der Waals surface area contributed by atoms with Gasteiger partial charge in [-0.2, -0.15) is 0 Å². The molecule has 0 aliphatic heterocycles. The maximum absolute atomic E-state index is 13.1. The van der Waals surface area contributed by atoms with Gasteiger partial charge in [0.05, 0.1) is 16.6 Å². The molecule has 3 atom stereocenters. The third-order valence-corrected chi connectivity index (χ3v) is 6.15. The molecule has 1 aliphatic carbocycles. The second-order valence-electron chi connectivity index (χ2n) is 6.83. The van der Waals surface area contributed by atoms with Gasteiger partial charge in [0.25, 0.3) is 0 Å². The molecule has 4 nitrogen and oxygen atoms in total. The summed E-state index contributed by atoms with van der Waals surface area (Å²) >= 11 is 1.54. The fraction of sp³-hybridized carbons (Fsp3) is 0.474. The summed E-state index contributed by atoms with van der Waals surface area (Å²) in [5, 5.41) is 3.96. The number of benzene rings is 1. The van der Waals surface area contributed by atoms with Gasteiger partial charge >= 0.3 is 0 Å². The molecular weight excluding hydrogens is 337 g/mol. The van der Waals surface area contributed by atoms with Crippen molar-refractivity contribution in [2.45, 2.75) is 51.6 Å². The largest absolute Gasteiger partial charge is 0.348 e. The Hall–Kier alpha value is -1.79. The Morgan fingerprint density at radius 2 is 2.08 bits per heavy atom. The smallest absolute Gasteiger partial charge is 0.223 e. The minimum absolute atomic E-state index is 0.0102. The van der Waals surface area contributed by atoms with Crippen LogP contribution in [0.5, 0.6) is 0 Å². The molecule has 1 aromatic heterocycles. The van der Waals surface area contributed by atoms with E-state index in [1.807, 2.05) is 13.8 Å². The molecule has 1 heterocycles. The van der Waals surface area contributed by atoms with E-state index in [2.05, 4.69) is 10.3 Å². The highest BCUT2D eigenvalue weighted by Crippen LogP contribution is 2.32. The highest BCUT2D eigenvalue weighted by molar-refractivity contribution is 7.15. The van der Waals surface area contributed by atoms with Crippen LogP contribution >= 0.6 is 11.3 Å². The Morgan fingerprint density at radius 1 is 1.36 bits per heavy atom. The lowest BCUT2D eigenvalue weighted by Gasteiger charge is -2.27. The Balaban J connectivity index is 1.70. The van der Waals surface area contributed by atoms with E-state index in [9.17, 15) is 9.18 Å². The number of halogens is 1. The van der Waals surface area contributed by atoms with Crippen molar-refractivity contribution in [3.8, 4) is 10.6 Å². The van der Waals surface area contributed by atoms with Crippen LogP contribution < -0.4 is 11.1 Å². The van der Waals surface area contributed by atoms with Gasteiger partial charge in [0, 0.05) is 17.5 Å². The zero-order valence-corrected chi connectivity index (χ0v) is 15.4. The Kier molecular flexibility index (Phi) is 5.49. The molecule has 0 bridgehead atoms. The average Bonchev–Trinajstić information content (AvgIpc) is 2.97. The minimum Gasteiger partial charge on any atom is -0.348 e. The number of carbonyl (C=O) groups is 1. The van der Waals surface area contributed by atoms with Crippen LogP contribution in [0.25, 0.3) is 10.6 Å². The van der Waals surface area contributed by atoms with Crippen molar-refractivity contribution in [3.05, 3.63) is 40.7 Å². The Labute approximate surface area is 151 Å². The molecule has 134 valence electrons. The van der Waals surface area contributed by atoms with Gasteiger partial charge in [0.1, 0.15) is 10.8 Å². The number of aromatic nitrogens is 1. The zero-order chi connectivity index (χ0) is 18.0. The lowest BCUT2D eigenvalue weighted by atomic mass is 9.85. The summed E-state index contributed by atoms with van der Waals surface area (Å²) < 4.78 is 13.1. The van der Waals surface area contributed by atoms with Gasteiger partial charge < -0.3 is 11.1 Å². The van der Waals surface area contributed by atoms with Crippen LogP contribution in [-0.2, 0) is 4.79 Å². The SMILES string of the molecule is Cc1nc(-c2ccc(F)cc2)sc1C(C)NC(=O)C1CCCC(N)C1. The number of amides is 1. The summed E-state index contributed by atoms with van der Waals surface area (Å²) in [6.07, 6.45) is 3.70. The average molecular weight is 361 g/mol. The zero-order valence-electron chi connectivity index (χ0n) is 14.6. The van der Waals surface area contributed by atoms with Gasteiger partial charge in [-0.05, 0) is 57.4 Å². The first-order valence-corrected chi connectivity index (χ1v) is 9.55. The maximum Gasteiger partial charge on any atom is 0.223 e. The second kappa shape index (κ2) is 7.62. The lowest BCUT2D eigenvalue weighted by molar-refractivity contribution is -0.126. The van der Waals surface area contributed by atoms with Gasteiger partial charge in [-0.1, -0.05) is 6.42 Å². The molecule has 0 spiro atoms. The normalized spacial score (nSPS) is 21.8. The number of hydrogen-bond donors (Lipinski definition) is 2. The van der Waals surface area contributed by atoms with Gasteiger partial charge in [-0.3, -0.25) is 4.79 Å². The van der Waals surface area contributed by atoms with Crippen LogP contribution in [0, 0.1) is 18.7 Å². The Bertz CT molecular complexity index is 744. The number of aryl methyl sites for hydroxylation is 1. The molecule has 1 saturated carbocycles. The summed E-state index contributed by atoms with van der Waals surface area (Å²) in [6.45, 7) is 3.92.